The summed E-state index contributed by atoms with van der Waals surface area (Å²) in [5.41, 5.74) is 3.49. The van der Waals surface area contributed by atoms with Crippen molar-refractivity contribution < 1.29 is 32.3 Å². The quantitative estimate of drug-likeness (QED) is 0.238. The van der Waals surface area contributed by atoms with Crippen molar-refractivity contribution in [2.24, 2.45) is 0 Å². The Balaban J connectivity index is 1.89. The van der Waals surface area contributed by atoms with Gasteiger partial charge in [0.05, 0.1) is 25.1 Å². The minimum absolute atomic E-state index is 0.234. The molecule has 10 nitrogen and oxygen atoms in total. The summed E-state index contributed by atoms with van der Waals surface area (Å²) in [6, 6.07) is 11.6. The number of benzene rings is 2. The van der Waals surface area contributed by atoms with Gasteiger partial charge < -0.3 is 24.5 Å². The van der Waals surface area contributed by atoms with Crippen molar-refractivity contribution >= 4 is 21.7 Å². The average Bonchev–Trinajstić information content (AvgIpc) is 3.38. The molecule has 0 saturated carbocycles. The van der Waals surface area contributed by atoms with E-state index in [1.165, 1.54) is 0 Å². The van der Waals surface area contributed by atoms with E-state index in [2.05, 4.69) is 17.2 Å². The second-order valence-electron chi connectivity index (χ2n) is 10.8. The highest BCUT2D eigenvalue weighted by Gasteiger charge is 2.25. The number of nitrogens with zero attached hydrogens (tertiary/aromatic N) is 2. The maximum atomic E-state index is 13.4. The lowest BCUT2D eigenvalue weighted by molar-refractivity contribution is -0.139. The third-order valence-electron chi connectivity index (χ3n) is 6.76. The molecule has 2 aromatic carbocycles. The standard InChI is InChI=1S/C31H41N3O7S/c1-6-7-12-27(28-18-32-29(41-28)19-34(3)4)40-20-22-13-14-24(25(17-22)23-11-9-8-10-21(23)2)30(35)33-26(31(36)37)15-16-42(5,38)39/h8-11,13-14,17-18,26-27H,6-7,12,15-16,19-20H2,1-5H3,(H,33,35)(H,36,37). The molecule has 0 saturated heterocycles. The third-order valence-corrected chi connectivity index (χ3v) is 7.73. The highest BCUT2D eigenvalue weighted by molar-refractivity contribution is 7.90. The maximum absolute atomic E-state index is 13.4. The van der Waals surface area contributed by atoms with Crippen LogP contribution in [0.2, 0.25) is 0 Å². The van der Waals surface area contributed by atoms with Crippen LogP contribution in [0.25, 0.3) is 11.1 Å². The number of aromatic nitrogens is 1. The second kappa shape index (κ2) is 15.1. The van der Waals surface area contributed by atoms with Crippen LogP contribution >= 0.6 is 0 Å². The van der Waals surface area contributed by atoms with Crippen molar-refractivity contribution in [1.29, 1.82) is 0 Å². The number of oxazole rings is 1. The summed E-state index contributed by atoms with van der Waals surface area (Å²) in [7, 11) is 0.493. The molecule has 1 amide bonds. The smallest absolute Gasteiger partial charge is 0.326 e. The molecule has 2 N–H and O–H groups in total. The fourth-order valence-electron chi connectivity index (χ4n) is 4.51. The number of ether oxygens (including phenoxy) is 1. The van der Waals surface area contributed by atoms with E-state index in [0.717, 1.165) is 42.2 Å². The Labute approximate surface area is 248 Å². The van der Waals surface area contributed by atoms with Gasteiger partial charge in [-0.15, -0.1) is 0 Å². The van der Waals surface area contributed by atoms with E-state index >= 15 is 0 Å². The summed E-state index contributed by atoms with van der Waals surface area (Å²) in [5, 5.41) is 12.1. The molecule has 0 spiro atoms. The molecule has 0 radical (unpaired) electrons. The van der Waals surface area contributed by atoms with Crippen LogP contribution in [0.15, 0.2) is 53.1 Å². The molecule has 1 aromatic heterocycles. The topological polar surface area (TPSA) is 139 Å². The van der Waals surface area contributed by atoms with Gasteiger partial charge in [-0.25, -0.2) is 18.2 Å². The van der Waals surface area contributed by atoms with Gasteiger partial charge in [0.2, 0.25) is 5.89 Å². The van der Waals surface area contributed by atoms with Gasteiger partial charge in [0.1, 0.15) is 22.0 Å². The minimum Gasteiger partial charge on any atom is -0.480 e. The number of carbonyl (C=O) groups excluding carboxylic acids is 1. The van der Waals surface area contributed by atoms with Crippen molar-refractivity contribution in [3.63, 3.8) is 0 Å². The molecule has 2 atom stereocenters. The zero-order chi connectivity index (χ0) is 30.9. The van der Waals surface area contributed by atoms with E-state index in [4.69, 9.17) is 9.15 Å². The Morgan fingerprint density at radius 1 is 1.12 bits per heavy atom. The first-order valence-corrected chi connectivity index (χ1v) is 16.0. The number of unbranched alkanes of at least 4 members (excludes halogenated alkanes) is 1. The molecule has 0 bridgehead atoms. The number of nitrogens with one attached hydrogen (secondary N) is 1. The first kappa shape index (κ1) is 33.0. The summed E-state index contributed by atoms with van der Waals surface area (Å²) in [4.78, 5) is 31.5. The number of hydrogen-bond acceptors (Lipinski definition) is 8. The van der Waals surface area contributed by atoms with Crippen LogP contribution in [-0.4, -0.2) is 67.4 Å². The van der Waals surface area contributed by atoms with Crippen LogP contribution in [0.1, 0.15) is 71.8 Å². The molecule has 0 aliphatic rings. The van der Waals surface area contributed by atoms with Crippen LogP contribution < -0.4 is 5.32 Å². The summed E-state index contributed by atoms with van der Waals surface area (Å²) in [6.45, 7) is 4.89. The molecule has 2 unspecified atom stereocenters. The van der Waals surface area contributed by atoms with Crippen LogP contribution in [0.4, 0.5) is 0 Å². The van der Waals surface area contributed by atoms with Gasteiger partial charge in [-0.2, -0.15) is 0 Å². The number of rotatable bonds is 16. The van der Waals surface area contributed by atoms with Gasteiger partial charge >= 0.3 is 5.97 Å². The van der Waals surface area contributed by atoms with Gasteiger partial charge in [0, 0.05) is 11.8 Å². The second-order valence-corrected chi connectivity index (χ2v) is 13.1. The lowest BCUT2D eigenvalue weighted by Crippen LogP contribution is -2.42. The Kier molecular flexibility index (Phi) is 11.8. The van der Waals surface area contributed by atoms with E-state index < -0.39 is 27.8 Å². The van der Waals surface area contributed by atoms with Crippen LogP contribution in [0, 0.1) is 6.92 Å². The first-order valence-electron chi connectivity index (χ1n) is 14.0. The first-order chi connectivity index (χ1) is 19.9. The predicted molar refractivity (Wildman–Crippen MR) is 161 cm³/mol. The van der Waals surface area contributed by atoms with Crippen molar-refractivity contribution in [3.05, 3.63) is 77.0 Å². The number of sulfone groups is 1. The van der Waals surface area contributed by atoms with E-state index in [9.17, 15) is 23.1 Å². The van der Waals surface area contributed by atoms with E-state index in [1.54, 1.807) is 18.3 Å². The lowest BCUT2D eigenvalue weighted by atomic mass is 9.93. The minimum atomic E-state index is -3.40. The number of hydrogen-bond donors (Lipinski definition) is 2. The van der Waals surface area contributed by atoms with Crippen LogP contribution in [0.5, 0.6) is 0 Å². The molecule has 0 fully saturated rings. The fourth-order valence-corrected chi connectivity index (χ4v) is 5.18. The monoisotopic (exact) mass is 599 g/mol. The van der Waals surface area contributed by atoms with E-state index in [0.29, 0.717) is 23.8 Å². The molecule has 1 heterocycles. The molecule has 42 heavy (non-hydrogen) atoms. The third kappa shape index (κ3) is 9.78. The van der Waals surface area contributed by atoms with Crippen LogP contribution in [0.3, 0.4) is 0 Å². The van der Waals surface area contributed by atoms with Crippen molar-refractivity contribution in [3.8, 4) is 11.1 Å². The van der Waals surface area contributed by atoms with E-state index in [-0.39, 0.29) is 30.4 Å². The van der Waals surface area contributed by atoms with Gasteiger partial charge in [0.25, 0.3) is 5.91 Å². The molecule has 11 heteroatoms. The van der Waals surface area contributed by atoms with E-state index in [1.807, 2.05) is 56.3 Å². The summed E-state index contributed by atoms with van der Waals surface area (Å²) >= 11 is 0. The number of aryl methyl sites for hydroxylation is 1. The van der Waals surface area contributed by atoms with Crippen molar-refractivity contribution in [2.45, 2.75) is 64.8 Å². The van der Waals surface area contributed by atoms with Crippen molar-refractivity contribution in [1.82, 2.24) is 15.2 Å². The zero-order valence-corrected chi connectivity index (χ0v) is 25.7. The fraction of sp³-hybridized carbons (Fsp3) is 0.452. The lowest BCUT2D eigenvalue weighted by Gasteiger charge is -2.19. The summed E-state index contributed by atoms with van der Waals surface area (Å²) in [6.07, 6.45) is 4.94. The SMILES string of the molecule is CCCCC(OCc1ccc(C(=O)NC(CCS(C)(=O)=O)C(=O)O)c(-c2ccccc2C)c1)c1cnc(CN(C)C)o1. The number of aliphatic carboxylic acids is 1. The molecule has 228 valence electrons. The summed E-state index contributed by atoms with van der Waals surface area (Å²) in [5.74, 6) is -0.962. The van der Waals surface area contributed by atoms with Crippen molar-refractivity contribution in [2.75, 3.05) is 26.1 Å². The molecular formula is C31H41N3O7S. The Bertz CT molecular complexity index is 1470. The van der Waals surface area contributed by atoms with Gasteiger partial charge in [-0.05, 0) is 68.2 Å². The molecule has 3 rings (SSSR count). The Hall–Kier alpha value is -3.54. The van der Waals surface area contributed by atoms with Gasteiger partial charge in [0.15, 0.2) is 5.76 Å². The highest BCUT2D eigenvalue weighted by atomic mass is 32.2. The predicted octanol–water partition coefficient (Wildman–Crippen LogP) is 4.78. The van der Waals surface area contributed by atoms with Gasteiger partial charge in [-0.3, -0.25) is 4.79 Å². The molecular weight excluding hydrogens is 558 g/mol. The maximum Gasteiger partial charge on any atom is 0.326 e. The highest BCUT2D eigenvalue weighted by Crippen LogP contribution is 2.31. The van der Waals surface area contributed by atoms with Crippen LogP contribution in [-0.2, 0) is 32.5 Å². The Morgan fingerprint density at radius 3 is 2.50 bits per heavy atom. The Morgan fingerprint density at radius 2 is 1.86 bits per heavy atom. The molecule has 0 aliphatic carbocycles. The summed E-state index contributed by atoms with van der Waals surface area (Å²) < 4.78 is 35.5. The normalized spacial score (nSPS) is 13.2. The average molecular weight is 600 g/mol. The number of carboxylic acids is 1. The number of carboxylic acid groups (broad SMARTS) is 1. The number of amides is 1. The molecule has 0 aliphatic heterocycles. The zero-order valence-electron chi connectivity index (χ0n) is 24.9. The van der Waals surface area contributed by atoms with Gasteiger partial charge in [-0.1, -0.05) is 50.1 Å². The largest absolute Gasteiger partial charge is 0.480 e. The number of carbonyl (C=O) groups is 2. The molecule has 3 aromatic rings.